The highest BCUT2D eigenvalue weighted by atomic mass is 16.5. The van der Waals surface area contributed by atoms with Gasteiger partial charge in [0, 0.05) is 12.1 Å². The van der Waals surface area contributed by atoms with Gasteiger partial charge >= 0.3 is 0 Å². The van der Waals surface area contributed by atoms with Gasteiger partial charge in [-0.25, -0.2) is 0 Å². The smallest absolute Gasteiger partial charge is 0.273 e. The van der Waals surface area contributed by atoms with Crippen molar-refractivity contribution in [3.63, 3.8) is 0 Å². The summed E-state index contributed by atoms with van der Waals surface area (Å²) in [5, 5.41) is 6.79. The molecule has 1 aromatic rings. The van der Waals surface area contributed by atoms with Gasteiger partial charge in [-0.3, -0.25) is 4.79 Å². The molecule has 1 aromatic heterocycles. The number of amides is 1. The molecule has 1 heterocycles. The van der Waals surface area contributed by atoms with Crippen molar-refractivity contribution in [3.8, 4) is 0 Å². The monoisotopic (exact) mass is 236 g/mol. The highest BCUT2D eigenvalue weighted by molar-refractivity contribution is 5.92. The Morgan fingerprint density at radius 2 is 1.94 bits per heavy atom. The topological polar surface area (TPSA) is 55.1 Å². The van der Waals surface area contributed by atoms with Gasteiger partial charge in [0.15, 0.2) is 5.69 Å². The zero-order valence-corrected chi connectivity index (χ0v) is 10.4. The van der Waals surface area contributed by atoms with Crippen LogP contribution >= 0.6 is 0 Å². The molecule has 1 amide bonds. The Labute approximate surface area is 102 Å². The molecule has 1 saturated carbocycles. The Hall–Kier alpha value is -1.32. The summed E-state index contributed by atoms with van der Waals surface area (Å²) in [7, 11) is 0. The maximum absolute atomic E-state index is 11.9. The third kappa shape index (κ3) is 3.58. The van der Waals surface area contributed by atoms with Gasteiger partial charge in [0.2, 0.25) is 0 Å². The minimum Gasteiger partial charge on any atom is -0.361 e. The standard InChI is InChI=1S/C13H20N2O2/c1-10-9-12(15-17-10)13(16)14-11-7-5-3-2-4-6-8-11/h9,11H,2-8H2,1H3,(H,14,16). The van der Waals surface area contributed by atoms with Crippen molar-refractivity contribution in [2.75, 3.05) is 0 Å². The van der Waals surface area contributed by atoms with E-state index in [-0.39, 0.29) is 5.91 Å². The first kappa shape index (κ1) is 12.1. The molecule has 1 fully saturated rings. The Kier molecular flexibility index (Phi) is 4.18. The van der Waals surface area contributed by atoms with E-state index in [9.17, 15) is 4.79 Å². The summed E-state index contributed by atoms with van der Waals surface area (Å²) in [4.78, 5) is 11.9. The van der Waals surface area contributed by atoms with E-state index >= 15 is 0 Å². The first-order valence-electron chi connectivity index (χ1n) is 6.50. The third-order valence-electron chi connectivity index (χ3n) is 3.30. The number of hydrogen-bond acceptors (Lipinski definition) is 3. The molecular formula is C13H20N2O2. The summed E-state index contributed by atoms with van der Waals surface area (Å²) >= 11 is 0. The second-order valence-electron chi connectivity index (χ2n) is 4.84. The van der Waals surface area contributed by atoms with Crippen LogP contribution in [0.15, 0.2) is 10.6 Å². The van der Waals surface area contributed by atoms with Gasteiger partial charge in [-0.2, -0.15) is 0 Å². The molecule has 0 saturated heterocycles. The average molecular weight is 236 g/mol. The number of aryl methyl sites for hydroxylation is 1. The summed E-state index contributed by atoms with van der Waals surface area (Å²) in [6.07, 6.45) is 8.50. The minimum absolute atomic E-state index is 0.104. The van der Waals surface area contributed by atoms with Gasteiger partial charge in [0.1, 0.15) is 5.76 Å². The normalized spacial score (nSPS) is 18.4. The van der Waals surface area contributed by atoms with E-state index in [1.807, 2.05) is 0 Å². The molecule has 0 unspecified atom stereocenters. The molecule has 0 aromatic carbocycles. The van der Waals surface area contributed by atoms with Crippen LogP contribution in [0.5, 0.6) is 0 Å². The van der Waals surface area contributed by atoms with Gasteiger partial charge < -0.3 is 9.84 Å². The number of carbonyl (C=O) groups excluding carboxylic acids is 1. The number of nitrogens with one attached hydrogen (secondary N) is 1. The van der Waals surface area contributed by atoms with E-state index in [2.05, 4.69) is 10.5 Å². The predicted molar refractivity (Wildman–Crippen MR) is 64.8 cm³/mol. The maximum atomic E-state index is 11.9. The second kappa shape index (κ2) is 5.84. The van der Waals surface area contributed by atoms with Crippen molar-refractivity contribution in [2.24, 2.45) is 0 Å². The molecule has 2 rings (SSSR count). The van der Waals surface area contributed by atoms with E-state index in [4.69, 9.17) is 4.52 Å². The van der Waals surface area contributed by atoms with Crippen molar-refractivity contribution in [2.45, 2.75) is 57.9 Å². The van der Waals surface area contributed by atoms with E-state index in [0.717, 1.165) is 12.8 Å². The number of carbonyl (C=O) groups is 1. The van der Waals surface area contributed by atoms with Crippen LogP contribution in [0.3, 0.4) is 0 Å². The van der Waals surface area contributed by atoms with Crippen LogP contribution in [-0.2, 0) is 0 Å². The third-order valence-corrected chi connectivity index (χ3v) is 3.30. The quantitative estimate of drug-likeness (QED) is 0.859. The van der Waals surface area contributed by atoms with Gasteiger partial charge in [0.25, 0.3) is 5.91 Å². The van der Waals surface area contributed by atoms with Crippen LogP contribution in [0.2, 0.25) is 0 Å². The Morgan fingerprint density at radius 1 is 1.29 bits per heavy atom. The molecule has 4 heteroatoms. The lowest BCUT2D eigenvalue weighted by Crippen LogP contribution is -2.35. The molecular weight excluding hydrogens is 216 g/mol. The highest BCUT2D eigenvalue weighted by Crippen LogP contribution is 2.17. The SMILES string of the molecule is Cc1cc(C(=O)NC2CCCCCCC2)no1. The van der Waals surface area contributed by atoms with Crippen molar-refractivity contribution < 1.29 is 9.32 Å². The molecule has 94 valence electrons. The van der Waals surface area contributed by atoms with E-state index in [0.29, 0.717) is 17.5 Å². The average Bonchev–Trinajstić information content (AvgIpc) is 2.68. The first-order chi connectivity index (χ1) is 8.25. The zero-order chi connectivity index (χ0) is 12.1. The predicted octanol–water partition coefficient (Wildman–Crippen LogP) is 2.83. The van der Waals surface area contributed by atoms with Gasteiger partial charge in [-0.15, -0.1) is 0 Å². The molecule has 17 heavy (non-hydrogen) atoms. The zero-order valence-electron chi connectivity index (χ0n) is 10.4. The van der Waals surface area contributed by atoms with E-state index < -0.39 is 0 Å². The van der Waals surface area contributed by atoms with Crippen molar-refractivity contribution in [1.29, 1.82) is 0 Å². The van der Waals surface area contributed by atoms with Crippen molar-refractivity contribution >= 4 is 5.91 Å². The number of aromatic nitrogens is 1. The second-order valence-corrected chi connectivity index (χ2v) is 4.84. The van der Waals surface area contributed by atoms with Crippen molar-refractivity contribution in [1.82, 2.24) is 10.5 Å². The number of hydrogen-bond donors (Lipinski definition) is 1. The number of rotatable bonds is 2. The fourth-order valence-corrected chi connectivity index (χ4v) is 2.33. The van der Waals surface area contributed by atoms with Crippen LogP contribution in [0, 0.1) is 6.92 Å². The Balaban J connectivity index is 1.88. The lowest BCUT2D eigenvalue weighted by molar-refractivity contribution is 0.0921. The Bertz CT molecular complexity index is 365. The molecule has 1 N–H and O–H groups in total. The van der Waals surface area contributed by atoms with Crippen LogP contribution < -0.4 is 5.32 Å². The number of nitrogens with zero attached hydrogens (tertiary/aromatic N) is 1. The lowest BCUT2D eigenvalue weighted by Gasteiger charge is -2.20. The van der Waals surface area contributed by atoms with E-state index in [1.54, 1.807) is 13.0 Å². The summed E-state index contributed by atoms with van der Waals surface area (Å²) in [6.45, 7) is 1.79. The fraction of sp³-hybridized carbons (Fsp3) is 0.692. The van der Waals surface area contributed by atoms with Crippen LogP contribution in [0.4, 0.5) is 0 Å². The maximum Gasteiger partial charge on any atom is 0.273 e. The van der Waals surface area contributed by atoms with Crippen LogP contribution in [0.25, 0.3) is 0 Å². The van der Waals surface area contributed by atoms with E-state index in [1.165, 1.54) is 32.1 Å². The van der Waals surface area contributed by atoms with Crippen LogP contribution in [-0.4, -0.2) is 17.1 Å². The molecule has 1 aliphatic rings. The van der Waals surface area contributed by atoms with Crippen LogP contribution in [0.1, 0.15) is 61.2 Å². The summed E-state index contributed by atoms with van der Waals surface area (Å²) in [5.74, 6) is 0.570. The molecule has 1 aliphatic carbocycles. The first-order valence-corrected chi connectivity index (χ1v) is 6.50. The van der Waals surface area contributed by atoms with Gasteiger partial charge in [-0.1, -0.05) is 37.3 Å². The van der Waals surface area contributed by atoms with Crippen molar-refractivity contribution in [3.05, 3.63) is 17.5 Å². The molecule has 0 radical (unpaired) electrons. The van der Waals surface area contributed by atoms with Gasteiger partial charge in [-0.05, 0) is 19.8 Å². The summed E-state index contributed by atoms with van der Waals surface area (Å²) < 4.78 is 4.91. The summed E-state index contributed by atoms with van der Waals surface area (Å²) in [5.41, 5.74) is 0.393. The van der Waals surface area contributed by atoms with Gasteiger partial charge in [0.05, 0.1) is 0 Å². The molecule has 0 bridgehead atoms. The molecule has 4 nitrogen and oxygen atoms in total. The highest BCUT2D eigenvalue weighted by Gasteiger charge is 2.17. The molecule has 0 aliphatic heterocycles. The Morgan fingerprint density at radius 3 is 2.53 bits per heavy atom. The molecule has 0 atom stereocenters. The minimum atomic E-state index is -0.104. The summed E-state index contributed by atoms with van der Waals surface area (Å²) in [6, 6.07) is 1.98. The largest absolute Gasteiger partial charge is 0.361 e. The molecule has 0 spiro atoms. The lowest BCUT2D eigenvalue weighted by atomic mass is 9.96. The fourth-order valence-electron chi connectivity index (χ4n) is 2.33.